The van der Waals surface area contributed by atoms with E-state index in [1.807, 2.05) is 36.4 Å². The summed E-state index contributed by atoms with van der Waals surface area (Å²) in [6.45, 7) is -0.0509. The SMILES string of the molecule is Nc1ccc(NC(=O)N[C@@H](Cc2cc3ccccc3[nH]2)C(=O)OC(=O)OCc2ccccc2)cc1. The number of carbonyl (C=O) groups excluding carboxylic acids is 3. The minimum Gasteiger partial charge on any atom is -0.429 e. The molecule has 1 atom stereocenters. The minimum atomic E-state index is -1.17. The van der Waals surface area contributed by atoms with E-state index < -0.39 is 24.2 Å². The molecule has 0 aliphatic carbocycles. The maximum Gasteiger partial charge on any atom is 0.516 e. The molecule has 0 saturated heterocycles. The molecule has 0 radical (unpaired) electrons. The summed E-state index contributed by atoms with van der Waals surface area (Å²) >= 11 is 0. The third-order valence-corrected chi connectivity index (χ3v) is 5.15. The molecular weight excluding hydrogens is 448 g/mol. The standard InChI is InChI=1S/C26H24N4O5/c27-19-10-12-20(13-11-19)29-25(32)30-23(15-21-14-18-8-4-5-9-22(18)28-21)24(31)35-26(33)34-16-17-6-2-1-3-7-17/h1-14,23,28H,15-16,27H2,(H2,29,30,32)/t23-/m0/s1. The van der Waals surface area contributed by atoms with Crippen molar-refractivity contribution >= 4 is 40.4 Å². The van der Waals surface area contributed by atoms with Crippen LogP contribution in [0.2, 0.25) is 0 Å². The van der Waals surface area contributed by atoms with Crippen LogP contribution >= 0.6 is 0 Å². The highest BCUT2D eigenvalue weighted by Gasteiger charge is 2.26. The van der Waals surface area contributed by atoms with Gasteiger partial charge in [-0.2, -0.15) is 0 Å². The molecule has 0 bridgehead atoms. The van der Waals surface area contributed by atoms with Gasteiger partial charge < -0.3 is 30.8 Å². The van der Waals surface area contributed by atoms with Crippen molar-refractivity contribution in [1.29, 1.82) is 0 Å². The van der Waals surface area contributed by atoms with Crippen LogP contribution in [0, 0.1) is 0 Å². The van der Waals surface area contributed by atoms with E-state index in [0.29, 0.717) is 17.1 Å². The van der Waals surface area contributed by atoms with Gasteiger partial charge in [0.15, 0.2) is 0 Å². The van der Waals surface area contributed by atoms with E-state index in [4.69, 9.17) is 15.2 Å². The zero-order valence-corrected chi connectivity index (χ0v) is 18.7. The lowest BCUT2D eigenvalue weighted by Crippen LogP contribution is -2.45. The number of aromatic nitrogens is 1. The average molecular weight is 473 g/mol. The molecule has 4 aromatic rings. The zero-order valence-electron chi connectivity index (χ0n) is 18.7. The smallest absolute Gasteiger partial charge is 0.429 e. The van der Waals surface area contributed by atoms with Crippen LogP contribution in [0.4, 0.5) is 21.0 Å². The van der Waals surface area contributed by atoms with Gasteiger partial charge >= 0.3 is 18.2 Å². The van der Waals surface area contributed by atoms with Crippen molar-refractivity contribution < 1.29 is 23.9 Å². The summed E-state index contributed by atoms with van der Waals surface area (Å²) in [7, 11) is 0. The van der Waals surface area contributed by atoms with Crippen LogP contribution in [-0.4, -0.2) is 29.2 Å². The van der Waals surface area contributed by atoms with Crippen molar-refractivity contribution in [2.45, 2.75) is 19.1 Å². The Hall–Kier alpha value is -4.79. The van der Waals surface area contributed by atoms with Crippen LogP contribution < -0.4 is 16.4 Å². The van der Waals surface area contributed by atoms with Gasteiger partial charge in [0.05, 0.1) is 0 Å². The highest BCUT2D eigenvalue weighted by Crippen LogP contribution is 2.17. The fourth-order valence-corrected chi connectivity index (χ4v) is 3.45. The number of amides is 2. The number of aromatic amines is 1. The predicted molar refractivity (Wildman–Crippen MR) is 132 cm³/mol. The summed E-state index contributed by atoms with van der Waals surface area (Å²) in [6, 6.07) is 23.2. The molecule has 3 aromatic carbocycles. The first kappa shape index (κ1) is 23.4. The van der Waals surface area contributed by atoms with Crippen LogP contribution in [0.5, 0.6) is 0 Å². The topological polar surface area (TPSA) is 136 Å². The summed E-state index contributed by atoms with van der Waals surface area (Å²) in [4.78, 5) is 40.7. The maximum absolute atomic E-state index is 12.8. The lowest BCUT2D eigenvalue weighted by atomic mass is 10.1. The van der Waals surface area contributed by atoms with E-state index in [1.165, 1.54) is 0 Å². The summed E-state index contributed by atoms with van der Waals surface area (Å²) in [5, 5.41) is 6.14. The fraction of sp³-hybridized carbons (Fsp3) is 0.115. The number of carbonyl (C=O) groups is 3. The van der Waals surface area contributed by atoms with Crippen LogP contribution in [0.15, 0.2) is 84.9 Å². The molecule has 4 rings (SSSR count). The fourth-order valence-electron chi connectivity index (χ4n) is 3.45. The molecule has 1 heterocycles. The molecule has 35 heavy (non-hydrogen) atoms. The zero-order chi connectivity index (χ0) is 24.6. The summed E-state index contributed by atoms with van der Waals surface area (Å²) in [6.07, 6.45) is -1.09. The van der Waals surface area contributed by atoms with Crippen LogP contribution in [0.3, 0.4) is 0 Å². The first-order valence-electron chi connectivity index (χ1n) is 10.9. The number of rotatable bonds is 7. The second-order valence-corrected chi connectivity index (χ2v) is 7.80. The second kappa shape index (κ2) is 10.9. The van der Waals surface area contributed by atoms with Crippen molar-refractivity contribution in [2.75, 3.05) is 11.1 Å². The van der Waals surface area contributed by atoms with E-state index in [0.717, 1.165) is 16.5 Å². The monoisotopic (exact) mass is 472 g/mol. The molecule has 0 aliphatic heterocycles. The number of urea groups is 1. The highest BCUT2D eigenvalue weighted by molar-refractivity contribution is 5.94. The van der Waals surface area contributed by atoms with Gasteiger partial charge in [-0.1, -0.05) is 48.5 Å². The van der Waals surface area contributed by atoms with Crippen molar-refractivity contribution in [1.82, 2.24) is 10.3 Å². The number of nitrogen functional groups attached to an aromatic ring is 1. The summed E-state index contributed by atoms with van der Waals surface area (Å²) in [5.41, 5.74) is 9.00. The number of hydrogen-bond acceptors (Lipinski definition) is 6. The first-order valence-corrected chi connectivity index (χ1v) is 10.9. The van der Waals surface area contributed by atoms with Gasteiger partial charge in [-0.05, 0) is 47.3 Å². The molecule has 9 nitrogen and oxygen atoms in total. The quantitative estimate of drug-likeness (QED) is 0.179. The highest BCUT2D eigenvalue weighted by atomic mass is 16.7. The molecule has 0 aliphatic rings. The van der Waals surface area contributed by atoms with Gasteiger partial charge in [-0.25, -0.2) is 14.4 Å². The lowest BCUT2D eigenvalue weighted by molar-refractivity contribution is -0.142. The lowest BCUT2D eigenvalue weighted by Gasteiger charge is -2.17. The number of nitrogens with two attached hydrogens (primary N) is 1. The van der Waals surface area contributed by atoms with E-state index in [1.54, 1.807) is 48.5 Å². The second-order valence-electron chi connectivity index (χ2n) is 7.80. The molecule has 0 spiro atoms. The average Bonchev–Trinajstić information content (AvgIpc) is 3.27. The molecule has 2 amide bonds. The van der Waals surface area contributed by atoms with Crippen molar-refractivity contribution in [2.24, 2.45) is 0 Å². The molecule has 0 saturated carbocycles. The molecule has 178 valence electrons. The Morgan fingerprint density at radius 3 is 2.37 bits per heavy atom. The van der Waals surface area contributed by atoms with Gasteiger partial charge in [0.1, 0.15) is 12.6 Å². The number of H-pyrrole nitrogens is 1. The van der Waals surface area contributed by atoms with Gasteiger partial charge in [-0.15, -0.1) is 0 Å². The number of fused-ring (bicyclic) bond motifs is 1. The maximum atomic E-state index is 12.8. The number of para-hydroxylation sites is 1. The number of nitrogens with one attached hydrogen (secondary N) is 3. The Morgan fingerprint density at radius 2 is 1.63 bits per heavy atom. The normalized spacial score (nSPS) is 11.4. The van der Waals surface area contributed by atoms with Gasteiger partial charge in [0.25, 0.3) is 0 Å². The predicted octanol–water partition coefficient (Wildman–Crippen LogP) is 4.36. The van der Waals surface area contributed by atoms with E-state index in [-0.39, 0.29) is 13.0 Å². The van der Waals surface area contributed by atoms with Crippen LogP contribution in [0.25, 0.3) is 10.9 Å². The summed E-state index contributed by atoms with van der Waals surface area (Å²) in [5.74, 6) is -0.950. The third kappa shape index (κ3) is 6.61. The largest absolute Gasteiger partial charge is 0.516 e. The van der Waals surface area contributed by atoms with Crippen molar-refractivity contribution in [3.8, 4) is 0 Å². The van der Waals surface area contributed by atoms with Gasteiger partial charge in [0, 0.05) is 29.0 Å². The first-order chi connectivity index (χ1) is 17.0. The molecule has 0 unspecified atom stereocenters. The van der Waals surface area contributed by atoms with Crippen LogP contribution in [0.1, 0.15) is 11.3 Å². The van der Waals surface area contributed by atoms with Crippen molar-refractivity contribution in [3.63, 3.8) is 0 Å². The van der Waals surface area contributed by atoms with E-state index >= 15 is 0 Å². The minimum absolute atomic E-state index is 0.0509. The molecule has 1 aromatic heterocycles. The number of benzene rings is 3. The Morgan fingerprint density at radius 1 is 0.914 bits per heavy atom. The Bertz CT molecular complexity index is 1290. The molecular formula is C26H24N4O5. The van der Waals surface area contributed by atoms with Crippen molar-refractivity contribution in [3.05, 3.63) is 96.2 Å². The Labute approximate surface area is 201 Å². The Kier molecular flexibility index (Phi) is 7.27. The van der Waals surface area contributed by atoms with E-state index in [2.05, 4.69) is 15.6 Å². The number of anilines is 2. The Balaban J connectivity index is 1.43. The van der Waals surface area contributed by atoms with Gasteiger partial charge in [0.2, 0.25) is 0 Å². The molecule has 5 N–H and O–H groups in total. The van der Waals surface area contributed by atoms with Crippen LogP contribution in [-0.2, 0) is 27.3 Å². The third-order valence-electron chi connectivity index (χ3n) is 5.15. The number of ether oxygens (including phenoxy) is 2. The number of hydrogen-bond donors (Lipinski definition) is 4. The molecule has 0 fully saturated rings. The van der Waals surface area contributed by atoms with E-state index in [9.17, 15) is 14.4 Å². The number of esters is 1. The van der Waals surface area contributed by atoms with Gasteiger partial charge in [-0.3, -0.25) is 0 Å². The summed E-state index contributed by atoms with van der Waals surface area (Å²) < 4.78 is 9.90. The molecule has 9 heteroatoms.